The third-order valence-corrected chi connectivity index (χ3v) is 5.03. The summed E-state index contributed by atoms with van der Waals surface area (Å²) < 4.78 is 40.0. The number of piperidine rings is 1. The summed E-state index contributed by atoms with van der Waals surface area (Å²) in [6, 6.07) is 8.89. The van der Waals surface area contributed by atoms with E-state index < -0.39 is 11.9 Å². The quantitative estimate of drug-likeness (QED) is 0.705. The van der Waals surface area contributed by atoms with Crippen LogP contribution in [0.15, 0.2) is 30.3 Å². The van der Waals surface area contributed by atoms with Crippen molar-refractivity contribution in [2.24, 2.45) is 5.92 Å². The third-order valence-electron chi connectivity index (χ3n) is 4.78. The van der Waals surface area contributed by atoms with Crippen molar-refractivity contribution in [3.63, 3.8) is 0 Å². The molecule has 3 rings (SSSR count). The smallest absolute Gasteiger partial charge is 0.358 e. The third kappa shape index (κ3) is 6.03. The van der Waals surface area contributed by atoms with Crippen LogP contribution in [0.3, 0.4) is 0 Å². The number of thiocarbonyl (C=S) groups is 1. The number of anilines is 2. The van der Waals surface area contributed by atoms with E-state index in [9.17, 15) is 13.2 Å². The Morgan fingerprint density at radius 1 is 1.24 bits per heavy atom. The second-order valence-corrected chi connectivity index (χ2v) is 7.83. The number of benzene rings is 1. The van der Waals surface area contributed by atoms with Gasteiger partial charge < -0.3 is 15.5 Å². The number of aromatic nitrogens is 2. The number of nitrogens with one attached hydrogen (secondary N) is 2. The van der Waals surface area contributed by atoms with Gasteiger partial charge in [0.05, 0.1) is 0 Å². The maximum Gasteiger partial charge on any atom is 0.433 e. The van der Waals surface area contributed by atoms with E-state index in [4.69, 9.17) is 12.2 Å². The van der Waals surface area contributed by atoms with Crippen LogP contribution in [0.5, 0.6) is 0 Å². The minimum Gasteiger partial charge on any atom is -0.358 e. The van der Waals surface area contributed by atoms with Gasteiger partial charge in [-0.1, -0.05) is 36.8 Å². The van der Waals surface area contributed by atoms with E-state index in [1.54, 1.807) is 0 Å². The Bertz CT molecular complexity index is 854. The number of nitrogens with zero attached hydrogens (tertiary/aromatic N) is 3. The Labute approximate surface area is 173 Å². The molecule has 0 aliphatic carbocycles. The number of hydrogen-bond acceptors (Lipinski definition) is 4. The highest BCUT2D eigenvalue weighted by atomic mass is 32.1. The molecule has 9 heteroatoms. The lowest BCUT2D eigenvalue weighted by molar-refractivity contribution is -0.141. The fourth-order valence-electron chi connectivity index (χ4n) is 3.23. The minimum atomic E-state index is -4.56. The predicted octanol–water partition coefficient (Wildman–Crippen LogP) is 4.53. The van der Waals surface area contributed by atoms with Crippen molar-refractivity contribution in [2.75, 3.05) is 23.3 Å². The average molecular weight is 424 g/mol. The first kappa shape index (κ1) is 21.3. The van der Waals surface area contributed by atoms with Crippen molar-refractivity contribution in [2.45, 2.75) is 39.4 Å². The predicted molar refractivity (Wildman–Crippen MR) is 112 cm³/mol. The first-order chi connectivity index (χ1) is 13.7. The second kappa shape index (κ2) is 8.94. The number of aryl methyl sites for hydroxylation is 1. The summed E-state index contributed by atoms with van der Waals surface area (Å²) in [6.45, 7) is 5.87. The van der Waals surface area contributed by atoms with Gasteiger partial charge in [-0.2, -0.15) is 18.2 Å². The summed E-state index contributed by atoms with van der Waals surface area (Å²) in [5, 5.41) is 5.84. The molecule has 1 aliphatic rings. The summed E-state index contributed by atoms with van der Waals surface area (Å²) in [5.74, 6) is 0.513. The van der Waals surface area contributed by atoms with Crippen LogP contribution in [0.4, 0.5) is 24.9 Å². The lowest BCUT2D eigenvalue weighted by Crippen LogP contribution is -2.35. The van der Waals surface area contributed by atoms with Gasteiger partial charge in [-0.15, -0.1) is 0 Å². The van der Waals surface area contributed by atoms with Crippen molar-refractivity contribution in [3.8, 4) is 0 Å². The van der Waals surface area contributed by atoms with Crippen molar-refractivity contribution in [3.05, 3.63) is 47.2 Å². The molecular formula is C20H24F3N5S. The van der Waals surface area contributed by atoms with E-state index in [0.717, 1.165) is 30.0 Å². The number of hydrogen-bond donors (Lipinski definition) is 2. The summed E-state index contributed by atoms with van der Waals surface area (Å²) in [5.41, 5.74) is 1.17. The van der Waals surface area contributed by atoms with Gasteiger partial charge in [-0.25, -0.2) is 4.98 Å². The zero-order valence-corrected chi connectivity index (χ0v) is 17.2. The van der Waals surface area contributed by atoms with Crippen LogP contribution in [0.2, 0.25) is 0 Å². The van der Waals surface area contributed by atoms with Gasteiger partial charge in [-0.05, 0) is 43.5 Å². The molecule has 1 aromatic heterocycles. The molecule has 2 heterocycles. The Kier molecular flexibility index (Phi) is 6.56. The van der Waals surface area contributed by atoms with Crippen LogP contribution < -0.4 is 15.5 Å². The Balaban J connectivity index is 1.73. The summed E-state index contributed by atoms with van der Waals surface area (Å²) >= 11 is 5.22. The molecule has 1 aromatic carbocycles. The SMILES string of the molecule is Cc1ccc(CNC(=S)Nc2nc(N3CCC[C@@H](C)C3)cc(C(F)(F)F)n2)cc1. The highest BCUT2D eigenvalue weighted by molar-refractivity contribution is 7.80. The van der Waals surface area contributed by atoms with Crippen molar-refractivity contribution < 1.29 is 13.2 Å². The fourth-order valence-corrected chi connectivity index (χ4v) is 3.39. The van der Waals surface area contributed by atoms with Gasteiger partial charge in [0.2, 0.25) is 5.95 Å². The van der Waals surface area contributed by atoms with E-state index in [1.165, 1.54) is 0 Å². The number of alkyl halides is 3. The molecule has 156 valence electrons. The lowest BCUT2D eigenvalue weighted by atomic mass is 10.0. The van der Waals surface area contributed by atoms with E-state index in [0.29, 0.717) is 25.6 Å². The fraction of sp³-hybridized carbons (Fsp3) is 0.450. The van der Waals surface area contributed by atoms with E-state index >= 15 is 0 Å². The Hall–Kier alpha value is -2.42. The maximum atomic E-state index is 13.3. The molecule has 0 amide bonds. The highest BCUT2D eigenvalue weighted by Gasteiger charge is 2.34. The van der Waals surface area contributed by atoms with Gasteiger partial charge in [-0.3, -0.25) is 0 Å². The summed E-state index contributed by atoms with van der Waals surface area (Å²) in [7, 11) is 0. The molecule has 0 radical (unpaired) electrons. The molecule has 0 spiro atoms. The molecule has 1 saturated heterocycles. The summed E-state index contributed by atoms with van der Waals surface area (Å²) in [4.78, 5) is 9.79. The molecule has 29 heavy (non-hydrogen) atoms. The molecule has 0 saturated carbocycles. The largest absolute Gasteiger partial charge is 0.433 e. The zero-order chi connectivity index (χ0) is 21.0. The molecular weight excluding hydrogens is 399 g/mol. The average Bonchev–Trinajstić information content (AvgIpc) is 2.66. The molecule has 0 bridgehead atoms. The highest BCUT2D eigenvalue weighted by Crippen LogP contribution is 2.31. The molecule has 1 aliphatic heterocycles. The normalized spacial score (nSPS) is 17.1. The van der Waals surface area contributed by atoms with E-state index in [-0.39, 0.29) is 16.9 Å². The van der Waals surface area contributed by atoms with Crippen LogP contribution in [-0.4, -0.2) is 28.2 Å². The maximum absolute atomic E-state index is 13.3. The molecule has 1 atom stereocenters. The standard InChI is InChI=1S/C20H24F3N5S/c1-13-5-7-15(8-6-13)11-24-19(29)27-18-25-16(20(21,22)23)10-17(26-18)28-9-3-4-14(2)12-28/h5-8,10,14H,3-4,9,11-12H2,1-2H3,(H2,24,25,26,27,29)/t14-/m1/s1. The van der Waals surface area contributed by atoms with Crippen molar-refractivity contribution >= 4 is 29.1 Å². The molecule has 5 nitrogen and oxygen atoms in total. The van der Waals surface area contributed by atoms with E-state index in [1.807, 2.05) is 36.1 Å². The van der Waals surface area contributed by atoms with Crippen LogP contribution in [0.25, 0.3) is 0 Å². The molecule has 2 aromatic rings. The Morgan fingerprint density at radius 3 is 2.62 bits per heavy atom. The molecule has 0 unspecified atom stereocenters. The number of rotatable bonds is 4. The lowest BCUT2D eigenvalue weighted by Gasteiger charge is -2.32. The van der Waals surface area contributed by atoms with E-state index in [2.05, 4.69) is 27.5 Å². The van der Waals surface area contributed by atoms with Crippen LogP contribution in [0.1, 0.15) is 36.6 Å². The van der Waals surface area contributed by atoms with Crippen LogP contribution in [-0.2, 0) is 12.7 Å². The van der Waals surface area contributed by atoms with Crippen LogP contribution >= 0.6 is 12.2 Å². The van der Waals surface area contributed by atoms with Gasteiger partial charge >= 0.3 is 6.18 Å². The second-order valence-electron chi connectivity index (χ2n) is 7.42. The van der Waals surface area contributed by atoms with Crippen molar-refractivity contribution in [1.82, 2.24) is 15.3 Å². The van der Waals surface area contributed by atoms with Crippen molar-refractivity contribution in [1.29, 1.82) is 0 Å². The first-order valence-corrected chi connectivity index (χ1v) is 9.93. The first-order valence-electron chi connectivity index (χ1n) is 9.52. The van der Waals surface area contributed by atoms with Gasteiger partial charge in [0.15, 0.2) is 10.8 Å². The number of halogens is 3. The summed E-state index contributed by atoms with van der Waals surface area (Å²) in [6.07, 6.45) is -2.58. The molecule has 2 N–H and O–H groups in total. The monoisotopic (exact) mass is 423 g/mol. The zero-order valence-electron chi connectivity index (χ0n) is 16.4. The topological polar surface area (TPSA) is 53.1 Å². The van der Waals surface area contributed by atoms with Crippen LogP contribution in [0, 0.1) is 12.8 Å². The minimum absolute atomic E-state index is 0.158. The van der Waals surface area contributed by atoms with Gasteiger partial charge in [0, 0.05) is 25.7 Å². The Morgan fingerprint density at radius 2 is 1.97 bits per heavy atom. The van der Waals surface area contributed by atoms with Gasteiger partial charge in [0.1, 0.15) is 5.82 Å². The van der Waals surface area contributed by atoms with Gasteiger partial charge in [0.25, 0.3) is 0 Å². The molecule has 1 fully saturated rings.